The van der Waals surface area contributed by atoms with Crippen molar-refractivity contribution in [3.63, 3.8) is 0 Å². The highest BCUT2D eigenvalue weighted by molar-refractivity contribution is 9.11. The molecule has 1 aromatic rings. The summed E-state index contributed by atoms with van der Waals surface area (Å²) in [5, 5.41) is 4.25. The molecule has 0 saturated carbocycles. The second-order valence-electron chi connectivity index (χ2n) is 5.83. The molecule has 6 heteroatoms. The van der Waals surface area contributed by atoms with E-state index in [0.717, 1.165) is 38.6 Å². The van der Waals surface area contributed by atoms with E-state index in [9.17, 15) is 4.79 Å². The first kappa shape index (κ1) is 18.9. The number of carbonyl (C=O) groups excluding carboxylic acids is 1. The van der Waals surface area contributed by atoms with Crippen LogP contribution < -0.4 is 10.2 Å². The summed E-state index contributed by atoms with van der Waals surface area (Å²) in [5.74, 6) is 0.707. The Balaban J connectivity index is 1.91. The standard InChI is InChI=1S/C18H20Br2N2O2/c1-11(2)13-5-4-12(3)16(8-13)21-22-18(23)10-24-17-7-6-14(19)9-15(17)20/h4,6-7,9,13H,1,5,8,10H2,2-3H3,(H,22,23)/b21-16+. The van der Waals surface area contributed by atoms with E-state index in [0.29, 0.717) is 11.7 Å². The maximum absolute atomic E-state index is 12.0. The first-order chi connectivity index (χ1) is 11.4. The summed E-state index contributed by atoms with van der Waals surface area (Å²) < 4.78 is 7.22. The van der Waals surface area contributed by atoms with E-state index >= 15 is 0 Å². The molecule has 0 aromatic heterocycles. The second-order valence-corrected chi connectivity index (χ2v) is 7.60. The number of hydrogen-bond donors (Lipinski definition) is 1. The largest absolute Gasteiger partial charge is 0.483 e. The highest BCUT2D eigenvalue weighted by Crippen LogP contribution is 2.28. The number of rotatable bonds is 5. The Morgan fingerprint density at radius 1 is 1.46 bits per heavy atom. The molecular weight excluding hydrogens is 436 g/mol. The third-order valence-electron chi connectivity index (χ3n) is 3.87. The van der Waals surface area contributed by atoms with Crippen LogP contribution >= 0.6 is 31.9 Å². The van der Waals surface area contributed by atoms with Gasteiger partial charge in [-0.25, -0.2) is 5.43 Å². The third kappa shape index (κ3) is 5.31. The van der Waals surface area contributed by atoms with Gasteiger partial charge in [0, 0.05) is 4.47 Å². The molecule has 0 heterocycles. The fourth-order valence-electron chi connectivity index (χ4n) is 2.32. The number of ether oxygens (including phenoxy) is 1. The lowest BCUT2D eigenvalue weighted by atomic mass is 9.85. The van der Waals surface area contributed by atoms with E-state index in [-0.39, 0.29) is 12.5 Å². The highest BCUT2D eigenvalue weighted by atomic mass is 79.9. The summed E-state index contributed by atoms with van der Waals surface area (Å²) in [6, 6.07) is 5.51. The number of halogens is 2. The molecule has 1 aromatic carbocycles. The topological polar surface area (TPSA) is 50.7 Å². The average molecular weight is 456 g/mol. The monoisotopic (exact) mass is 454 g/mol. The van der Waals surface area contributed by atoms with Gasteiger partial charge in [0.05, 0.1) is 10.2 Å². The smallest absolute Gasteiger partial charge is 0.277 e. The van der Waals surface area contributed by atoms with Crippen molar-refractivity contribution >= 4 is 43.5 Å². The first-order valence-electron chi connectivity index (χ1n) is 7.62. The molecule has 1 N–H and O–H groups in total. The number of carbonyl (C=O) groups is 1. The van der Waals surface area contributed by atoms with Gasteiger partial charge in [-0.05, 0) is 72.3 Å². The van der Waals surface area contributed by atoms with Crippen LogP contribution in [0.3, 0.4) is 0 Å². The van der Waals surface area contributed by atoms with Crippen molar-refractivity contribution in [3.05, 3.63) is 50.9 Å². The van der Waals surface area contributed by atoms with Gasteiger partial charge in [-0.1, -0.05) is 34.2 Å². The maximum atomic E-state index is 12.0. The molecule has 0 spiro atoms. The third-order valence-corrected chi connectivity index (χ3v) is 4.98. The molecule has 1 atom stereocenters. The molecule has 0 fully saturated rings. The highest BCUT2D eigenvalue weighted by Gasteiger charge is 2.18. The lowest BCUT2D eigenvalue weighted by molar-refractivity contribution is -0.123. The Kier molecular flexibility index (Phi) is 6.80. The van der Waals surface area contributed by atoms with E-state index in [2.05, 4.69) is 55.0 Å². The van der Waals surface area contributed by atoms with E-state index in [1.807, 2.05) is 26.0 Å². The second kappa shape index (κ2) is 8.62. The zero-order valence-electron chi connectivity index (χ0n) is 13.7. The Labute approximate surface area is 159 Å². The molecular formula is C18H20Br2N2O2. The van der Waals surface area contributed by atoms with Gasteiger partial charge >= 0.3 is 0 Å². The molecule has 0 bridgehead atoms. The maximum Gasteiger partial charge on any atom is 0.277 e. The van der Waals surface area contributed by atoms with E-state index in [1.54, 1.807) is 6.07 Å². The van der Waals surface area contributed by atoms with Crippen molar-refractivity contribution < 1.29 is 9.53 Å². The zero-order chi connectivity index (χ0) is 17.7. The minimum Gasteiger partial charge on any atom is -0.483 e. The normalized spacial score (nSPS) is 18.9. The predicted octanol–water partition coefficient (Wildman–Crippen LogP) is 5.00. The van der Waals surface area contributed by atoms with Crippen LogP contribution in [0.5, 0.6) is 5.75 Å². The van der Waals surface area contributed by atoms with Crippen LogP contribution in [0.4, 0.5) is 0 Å². The van der Waals surface area contributed by atoms with Gasteiger partial charge in [0.25, 0.3) is 5.91 Å². The van der Waals surface area contributed by atoms with Crippen molar-refractivity contribution in [3.8, 4) is 5.75 Å². The van der Waals surface area contributed by atoms with Gasteiger partial charge in [-0.2, -0.15) is 5.10 Å². The van der Waals surface area contributed by atoms with Gasteiger partial charge in [-0.3, -0.25) is 4.79 Å². The van der Waals surface area contributed by atoms with Gasteiger partial charge in [-0.15, -0.1) is 0 Å². The minimum atomic E-state index is -0.289. The van der Waals surface area contributed by atoms with Crippen molar-refractivity contribution in [1.29, 1.82) is 0 Å². The number of hydrogen-bond acceptors (Lipinski definition) is 3. The molecule has 128 valence electrons. The van der Waals surface area contributed by atoms with Crippen LogP contribution in [0.25, 0.3) is 0 Å². The molecule has 0 saturated heterocycles. The number of benzene rings is 1. The molecule has 24 heavy (non-hydrogen) atoms. The van der Waals surface area contributed by atoms with Gasteiger partial charge < -0.3 is 4.74 Å². The van der Waals surface area contributed by atoms with Crippen molar-refractivity contribution in [2.75, 3.05) is 6.61 Å². The average Bonchev–Trinajstić information content (AvgIpc) is 2.53. The number of allylic oxidation sites excluding steroid dienone is 3. The Morgan fingerprint density at radius 3 is 2.88 bits per heavy atom. The van der Waals surface area contributed by atoms with Gasteiger partial charge in [0.15, 0.2) is 6.61 Å². The van der Waals surface area contributed by atoms with Crippen molar-refractivity contribution in [2.24, 2.45) is 11.0 Å². The molecule has 1 aliphatic carbocycles. The summed E-state index contributed by atoms with van der Waals surface area (Å²) in [6.45, 7) is 7.95. The molecule has 2 rings (SSSR count). The molecule has 0 radical (unpaired) electrons. The quantitative estimate of drug-likeness (QED) is 0.501. The SMILES string of the molecule is C=C(C)C1CC=C(C)/C(=N/NC(=O)COc2ccc(Br)cc2Br)C1. The zero-order valence-corrected chi connectivity index (χ0v) is 16.9. The van der Waals surface area contributed by atoms with E-state index in [1.165, 1.54) is 0 Å². The fraction of sp³-hybridized carbons (Fsp3) is 0.333. The summed E-state index contributed by atoms with van der Waals surface area (Å²) >= 11 is 6.77. The van der Waals surface area contributed by atoms with Crippen LogP contribution in [-0.4, -0.2) is 18.2 Å². The number of amides is 1. The Hall–Kier alpha value is -1.40. The molecule has 4 nitrogen and oxygen atoms in total. The summed E-state index contributed by atoms with van der Waals surface area (Å²) in [4.78, 5) is 12.0. The fourth-order valence-corrected chi connectivity index (χ4v) is 3.48. The Morgan fingerprint density at radius 2 is 2.21 bits per heavy atom. The van der Waals surface area contributed by atoms with Crippen molar-refractivity contribution in [1.82, 2.24) is 5.43 Å². The van der Waals surface area contributed by atoms with Crippen LogP contribution in [-0.2, 0) is 4.79 Å². The predicted molar refractivity (Wildman–Crippen MR) is 104 cm³/mol. The van der Waals surface area contributed by atoms with Gasteiger partial charge in [0.2, 0.25) is 0 Å². The number of hydrazone groups is 1. The summed E-state index contributed by atoms with van der Waals surface area (Å²) in [5.41, 5.74) is 5.71. The lowest BCUT2D eigenvalue weighted by Crippen LogP contribution is -2.27. The first-order valence-corrected chi connectivity index (χ1v) is 9.21. The molecule has 0 aliphatic heterocycles. The molecule has 1 aliphatic rings. The molecule has 1 amide bonds. The van der Waals surface area contributed by atoms with E-state index in [4.69, 9.17) is 4.74 Å². The van der Waals surface area contributed by atoms with Crippen LogP contribution in [0, 0.1) is 5.92 Å². The van der Waals surface area contributed by atoms with Gasteiger partial charge in [0.1, 0.15) is 5.75 Å². The van der Waals surface area contributed by atoms with Crippen LogP contribution in [0.1, 0.15) is 26.7 Å². The molecule has 1 unspecified atom stereocenters. The lowest BCUT2D eigenvalue weighted by Gasteiger charge is -2.22. The number of nitrogens with one attached hydrogen (secondary N) is 1. The summed E-state index contributed by atoms with van der Waals surface area (Å²) in [7, 11) is 0. The summed E-state index contributed by atoms with van der Waals surface area (Å²) in [6.07, 6.45) is 3.93. The van der Waals surface area contributed by atoms with Crippen molar-refractivity contribution in [2.45, 2.75) is 26.7 Å². The number of nitrogens with zero attached hydrogens (tertiary/aromatic N) is 1. The minimum absolute atomic E-state index is 0.0936. The van der Waals surface area contributed by atoms with E-state index < -0.39 is 0 Å². The Bertz CT molecular complexity index is 711. The van der Waals surface area contributed by atoms with Crippen LogP contribution in [0.2, 0.25) is 0 Å². The van der Waals surface area contributed by atoms with Crippen LogP contribution in [0.15, 0.2) is 56.0 Å².